The summed E-state index contributed by atoms with van der Waals surface area (Å²) in [6.07, 6.45) is 3.68. The van der Waals surface area contributed by atoms with Crippen molar-refractivity contribution in [1.82, 2.24) is 9.78 Å². The number of carbonyl (C=O) groups excluding carboxylic acids is 1. The third kappa shape index (κ3) is 2.85. The standard InChI is InChI=1S/C13H12BrFN2O/c1-2-13(18)10-6-16-17(8-10)7-9-5-11(15)3-4-12(9)14/h3-6,8H,2,7H2,1H3. The van der Waals surface area contributed by atoms with E-state index in [2.05, 4.69) is 21.0 Å². The minimum atomic E-state index is -0.287. The molecule has 0 aliphatic heterocycles. The zero-order valence-corrected chi connectivity index (χ0v) is 11.4. The SMILES string of the molecule is CCC(=O)c1cnn(Cc2cc(F)ccc2Br)c1. The zero-order valence-electron chi connectivity index (χ0n) is 9.86. The first-order valence-electron chi connectivity index (χ1n) is 5.59. The highest BCUT2D eigenvalue weighted by molar-refractivity contribution is 9.10. The van der Waals surface area contributed by atoms with Gasteiger partial charge in [-0.25, -0.2) is 4.39 Å². The van der Waals surface area contributed by atoms with Gasteiger partial charge in [0.25, 0.3) is 0 Å². The van der Waals surface area contributed by atoms with Crippen LogP contribution in [-0.4, -0.2) is 15.6 Å². The fourth-order valence-corrected chi connectivity index (χ4v) is 2.01. The van der Waals surface area contributed by atoms with Gasteiger partial charge in [-0.15, -0.1) is 0 Å². The van der Waals surface area contributed by atoms with Crippen LogP contribution < -0.4 is 0 Å². The Morgan fingerprint density at radius 3 is 3.00 bits per heavy atom. The highest BCUT2D eigenvalue weighted by Crippen LogP contribution is 2.19. The number of nitrogens with zero attached hydrogens (tertiary/aromatic N) is 2. The van der Waals surface area contributed by atoms with Gasteiger partial charge in [0.15, 0.2) is 5.78 Å². The van der Waals surface area contributed by atoms with Crippen molar-refractivity contribution in [3.05, 3.63) is 52.0 Å². The molecule has 0 amide bonds. The number of hydrogen-bond acceptors (Lipinski definition) is 2. The first kappa shape index (κ1) is 13.0. The van der Waals surface area contributed by atoms with Crippen LogP contribution in [0.3, 0.4) is 0 Å². The summed E-state index contributed by atoms with van der Waals surface area (Å²) < 4.78 is 15.6. The molecular weight excluding hydrogens is 299 g/mol. The highest BCUT2D eigenvalue weighted by Gasteiger charge is 2.08. The van der Waals surface area contributed by atoms with E-state index >= 15 is 0 Å². The maximum absolute atomic E-state index is 13.1. The molecule has 18 heavy (non-hydrogen) atoms. The molecule has 0 atom stereocenters. The quantitative estimate of drug-likeness (QED) is 0.811. The normalized spacial score (nSPS) is 10.6. The number of benzene rings is 1. The van der Waals surface area contributed by atoms with Gasteiger partial charge >= 0.3 is 0 Å². The van der Waals surface area contributed by atoms with Gasteiger partial charge in [0.05, 0.1) is 18.3 Å². The van der Waals surface area contributed by atoms with E-state index in [0.29, 0.717) is 18.5 Å². The summed E-state index contributed by atoms with van der Waals surface area (Å²) in [4.78, 5) is 11.5. The van der Waals surface area contributed by atoms with Gasteiger partial charge in [-0.1, -0.05) is 22.9 Å². The van der Waals surface area contributed by atoms with Crippen molar-refractivity contribution in [2.45, 2.75) is 19.9 Å². The molecule has 3 nitrogen and oxygen atoms in total. The Morgan fingerprint density at radius 1 is 1.50 bits per heavy atom. The maximum Gasteiger partial charge on any atom is 0.165 e. The van der Waals surface area contributed by atoms with E-state index in [1.807, 2.05) is 6.92 Å². The Bertz CT molecular complexity index is 580. The average molecular weight is 311 g/mol. The van der Waals surface area contributed by atoms with Crippen LogP contribution in [0.15, 0.2) is 35.1 Å². The van der Waals surface area contributed by atoms with Gasteiger partial charge in [-0.3, -0.25) is 9.48 Å². The Hall–Kier alpha value is -1.49. The fraction of sp³-hybridized carbons (Fsp3) is 0.231. The molecule has 94 valence electrons. The van der Waals surface area contributed by atoms with Crippen LogP contribution in [0.4, 0.5) is 4.39 Å². The predicted molar refractivity (Wildman–Crippen MR) is 70.1 cm³/mol. The second-order valence-corrected chi connectivity index (χ2v) is 4.79. The number of aromatic nitrogens is 2. The summed E-state index contributed by atoms with van der Waals surface area (Å²) in [5.41, 5.74) is 1.37. The van der Waals surface area contributed by atoms with Crippen molar-refractivity contribution >= 4 is 21.7 Å². The largest absolute Gasteiger partial charge is 0.294 e. The van der Waals surface area contributed by atoms with Gasteiger partial charge in [-0.05, 0) is 23.8 Å². The Kier molecular flexibility index (Phi) is 3.91. The van der Waals surface area contributed by atoms with Gasteiger partial charge in [0.1, 0.15) is 5.82 Å². The lowest BCUT2D eigenvalue weighted by Crippen LogP contribution is -2.01. The maximum atomic E-state index is 13.1. The molecule has 0 saturated carbocycles. The van der Waals surface area contributed by atoms with Crippen molar-refractivity contribution in [3.8, 4) is 0 Å². The van der Waals surface area contributed by atoms with Crippen molar-refractivity contribution < 1.29 is 9.18 Å². The first-order valence-corrected chi connectivity index (χ1v) is 6.39. The molecule has 0 radical (unpaired) electrons. The molecule has 5 heteroatoms. The van der Waals surface area contributed by atoms with Crippen LogP contribution in [0.1, 0.15) is 29.3 Å². The van der Waals surface area contributed by atoms with E-state index in [9.17, 15) is 9.18 Å². The Balaban J connectivity index is 2.21. The van der Waals surface area contributed by atoms with Crippen LogP contribution in [0, 0.1) is 5.82 Å². The minimum absolute atomic E-state index is 0.0551. The van der Waals surface area contributed by atoms with Crippen LogP contribution in [0.2, 0.25) is 0 Å². The number of rotatable bonds is 4. The van der Waals surface area contributed by atoms with Gasteiger partial charge in [-0.2, -0.15) is 5.10 Å². The Morgan fingerprint density at radius 2 is 2.28 bits per heavy atom. The van der Waals surface area contributed by atoms with E-state index in [1.54, 1.807) is 23.1 Å². The summed E-state index contributed by atoms with van der Waals surface area (Å²) in [5.74, 6) is -0.232. The number of carbonyl (C=O) groups is 1. The number of hydrogen-bond donors (Lipinski definition) is 0. The topological polar surface area (TPSA) is 34.9 Å². The summed E-state index contributed by atoms with van der Waals surface area (Å²) in [7, 11) is 0. The van der Waals surface area contributed by atoms with E-state index in [1.165, 1.54) is 12.1 Å². The van der Waals surface area contributed by atoms with Crippen molar-refractivity contribution in [1.29, 1.82) is 0 Å². The summed E-state index contributed by atoms with van der Waals surface area (Å²) in [6, 6.07) is 4.50. The fourth-order valence-electron chi connectivity index (χ4n) is 1.64. The van der Waals surface area contributed by atoms with E-state index < -0.39 is 0 Å². The molecule has 0 fully saturated rings. The van der Waals surface area contributed by atoms with Crippen molar-refractivity contribution in [3.63, 3.8) is 0 Å². The van der Waals surface area contributed by atoms with Crippen LogP contribution in [-0.2, 0) is 6.54 Å². The summed E-state index contributed by atoms with van der Waals surface area (Å²) in [6.45, 7) is 2.23. The lowest BCUT2D eigenvalue weighted by molar-refractivity contribution is 0.0988. The summed E-state index contributed by atoms with van der Waals surface area (Å²) in [5, 5.41) is 4.10. The van der Waals surface area contributed by atoms with Crippen molar-refractivity contribution in [2.75, 3.05) is 0 Å². The van der Waals surface area contributed by atoms with E-state index in [-0.39, 0.29) is 11.6 Å². The second kappa shape index (κ2) is 5.44. The van der Waals surface area contributed by atoms with Crippen molar-refractivity contribution in [2.24, 2.45) is 0 Å². The Labute approximate surface area is 113 Å². The number of Topliss-reactive ketones (excluding diaryl/α,β-unsaturated/α-hetero) is 1. The van der Waals surface area contributed by atoms with Crippen LogP contribution >= 0.6 is 15.9 Å². The molecule has 0 unspecified atom stereocenters. The average Bonchev–Trinajstić information content (AvgIpc) is 2.81. The lowest BCUT2D eigenvalue weighted by atomic mass is 10.2. The van der Waals surface area contributed by atoms with Crippen LogP contribution in [0.25, 0.3) is 0 Å². The molecular formula is C13H12BrFN2O. The molecule has 1 aromatic carbocycles. The zero-order chi connectivity index (χ0) is 13.1. The highest BCUT2D eigenvalue weighted by atomic mass is 79.9. The second-order valence-electron chi connectivity index (χ2n) is 3.94. The molecule has 0 N–H and O–H groups in total. The van der Waals surface area contributed by atoms with Gasteiger partial charge in [0, 0.05) is 17.1 Å². The molecule has 1 aromatic heterocycles. The lowest BCUT2D eigenvalue weighted by Gasteiger charge is -2.04. The van der Waals surface area contributed by atoms with Gasteiger partial charge in [0.2, 0.25) is 0 Å². The molecule has 1 heterocycles. The molecule has 2 aromatic rings. The molecule has 2 rings (SSSR count). The molecule has 0 aliphatic rings. The predicted octanol–water partition coefficient (Wildman–Crippen LogP) is 3.43. The summed E-state index contributed by atoms with van der Waals surface area (Å²) >= 11 is 3.36. The molecule has 0 aliphatic carbocycles. The van der Waals surface area contributed by atoms with E-state index in [0.717, 1.165) is 10.0 Å². The van der Waals surface area contributed by atoms with E-state index in [4.69, 9.17) is 0 Å². The smallest absolute Gasteiger partial charge is 0.165 e. The monoisotopic (exact) mass is 310 g/mol. The van der Waals surface area contributed by atoms with Gasteiger partial charge < -0.3 is 0 Å². The van der Waals surface area contributed by atoms with Crippen LogP contribution in [0.5, 0.6) is 0 Å². The molecule has 0 spiro atoms. The number of ketones is 1. The minimum Gasteiger partial charge on any atom is -0.294 e. The molecule has 0 saturated heterocycles. The third-order valence-corrected chi connectivity index (χ3v) is 3.39. The first-order chi connectivity index (χ1) is 8.60. The molecule has 0 bridgehead atoms. The number of halogens is 2. The third-order valence-electron chi connectivity index (χ3n) is 2.62.